The summed E-state index contributed by atoms with van der Waals surface area (Å²) in [5, 5.41) is 3.69. The summed E-state index contributed by atoms with van der Waals surface area (Å²) in [5.41, 5.74) is 0.286. The van der Waals surface area contributed by atoms with Crippen LogP contribution in [-0.2, 0) is 0 Å². The standard InChI is InChI=1S/C15H28N2/c1-8-12(4)17-10-14(15(5,6)7)16-9-13(17)11(2)3/h1,11-14,16H,9-10H2,2-7H3. The van der Waals surface area contributed by atoms with Crippen LogP contribution >= 0.6 is 0 Å². The van der Waals surface area contributed by atoms with Crippen molar-refractivity contribution in [1.82, 2.24) is 10.2 Å². The van der Waals surface area contributed by atoms with E-state index in [9.17, 15) is 0 Å². The molecule has 1 aliphatic rings. The number of piperazine rings is 1. The number of terminal acetylenes is 1. The van der Waals surface area contributed by atoms with Gasteiger partial charge in [0, 0.05) is 25.2 Å². The van der Waals surface area contributed by atoms with Gasteiger partial charge in [0.15, 0.2) is 0 Å². The summed E-state index contributed by atoms with van der Waals surface area (Å²) in [6.07, 6.45) is 5.61. The zero-order valence-corrected chi connectivity index (χ0v) is 12.2. The summed E-state index contributed by atoms with van der Waals surface area (Å²) in [5.74, 6) is 3.53. The van der Waals surface area contributed by atoms with Gasteiger partial charge in [-0.15, -0.1) is 6.42 Å². The van der Waals surface area contributed by atoms with Gasteiger partial charge in [0.2, 0.25) is 0 Å². The maximum atomic E-state index is 5.61. The highest BCUT2D eigenvalue weighted by atomic mass is 15.3. The van der Waals surface area contributed by atoms with E-state index in [0.717, 1.165) is 13.1 Å². The SMILES string of the molecule is C#CC(C)N1CC(C(C)(C)C)NCC1C(C)C. The van der Waals surface area contributed by atoms with Crippen molar-refractivity contribution in [3.8, 4) is 12.3 Å². The molecule has 0 aliphatic carbocycles. The first-order valence-electron chi connectivity index (χ1n) is 6.72. The summed E-state index contributed by atoms with van der Waals surface area (Å²) < 4.78 is 0. The van der Waals surface area contributed by atoms with Crippen LogP contribution in [0.4, 0.5) is 0 Å². The monoisotopic (exact) mass is 236 g/mol. The maximum absolute atomic E-state index is 5.61. The smallest absolute Gasteiger partial charge is 0.0686 e. The van der Waals surface area contributed by atoms with Crippen molar-refractivity contribution in [3.05, 3.63) is 0 Å². The van der Waals surface area contributed by atoms with Crippen LogP contribution in [0.3, 0.4) is 0 Å². The van der Waals surface area contributed by atoms with Gasteiger partial charge in [0.25, 0.3) is 0 Å². The fourth-order valence-electron chi connectivity index (χ4n) is 2.53. The second-order valence-electron chi connectivity index (χ2n) is 6.68. The lowest BCUT2D eigenvalue weighted by Crippen LogP contribution is -2.63. The average Bonchev–Trinajstić information content (AvgIpc) is 2.25. The Morgan fingerprint density at radius 3 is 2.29 bits per heavy atom. The Morgan fingerprint density at radius 2 is 1.88 bits per heavy atom. The zero-order chi connectivity index (χ0) is 13.2. The molecule has 17 heavy (non-hydrogen) atoms. The van der Waals surface area contributed by atoms with Crippen LogP contribution in [0.25, 0.3) is 0 Å². The summed E-state index contributed by atoms with van der Waals surface area (Å²) >= 11 is 0. The van der Waals surface area contributed by atoms with Gasteiger partial charge in [-0.05, 0) is 18.3 Å². The predicted molar refractivity (Wildman–Crippen MR) is 74.9 cm³/mol. The fourth-order valence-corrected chi connectivity index (χ4v) is 2.53. The summed E-state index contributed by atoms with van der Waals surface area (Å²) in [4.78, 5) is 2.50. The van der Waals surface area contributed by atoms with E-state index in [0.29, 0.717) is 18.0 Å². The topological polar surface area (TPSA) is 15.3 Å². The number of hydrogen-bond acceptors (Lipinski definition) is 2. The van der Waals surface area contributed by atoms with Gasteiger partial charge in [0.1, 0.15) is 0 Å². The van der Waals surface area contributed by atoms with Crippen molar-refractivity contribution < 1.29 is 0 Å². The molecule has 98 valence electrons. The molecule has 2 heteroatoms. The molecule has 0 aromatic carbocycles. The Balaban J connectivity index is 2.81. The number of rotatable bonds is 2. The molecule has 1 aliphatic heterocycles. The van der Waals surface area contributed by atoms with Crippen molar-refractivity contribution >= 4 is 0 Å². The van der Waals surface area contributed by atoms with Gasteiger partial charge in [0.05, 0.1) is 6.04 Å². The summed E-state index contributed by atoms with van der Waals surface area (Å²) in [6.45, 7) is 15.7. The Bertz CT molecular complexity index is 282. The van der Waals surface area contributed by atoms with E-state index < -0.39 is 0 Å². The molecule has 2 nitrogen and oxygen atoms in total. The first kappa shape index (κ1) is 14.5. The third-order valence-corrected chi connectivity index (χ3v) is 3.95. The lowest BCUT2D eigenvalue weighted by molar-refractivity contribution is 0.0506. The first-order chi connectivity index (χ1) is 7.77. The predicted octanol–water partition coefficient (Wildman–Crippen LogP) is 2.35. The molecule has 3 atom stereocenters. The van der Waals surface area contributed by atoms with E-state index >= 15 is 0 Å². The molecule has 0 radical (unpaired) electrons. The molecule has 0 saturated carbocycles. The molecule has 1 heterocycles. The number of nitrogens with one attached hydrogen (secondary N) is 1. The highest BCUT2D eigenvalue weighted by Gasteiger charge is 2.36. The summed E-state index contributed by atoms with van der Waals surface area (Å²) in [7, 11) is 0. The van der Waals surface area contributed by atoms with Crippen LogP contribution in [0, 0.1) is 23.7 Å². The first-order valence-corrected chi connectivity index (χ1v) is 6.72. The van der Waals surface area contributed by atoms with Gasteiger partial charge in [-0.2, -0.15) is 0 Å². The lowest BCUT2D eigenvalue weighted by Gasteiger charge is -2.47. The Morgan fingerprint density at radius 1 is 1.29 bits per heavy atom. The number of hydrogen-bond donors (Lipinski definition) is 1. The third kappa shape index (κ3) is 3.47. The molecule has 0 spiro atoms. The Labute approximate surface area is 107 Å². The zero-order valence-electron chi connectivity index (χ0n) is 12.2. The molecule has 1 N–H and O–H groups in total. The second-order valence-corrected chi connectivity index (χ2v) is 6.68. The molecular formula is C15H28N2. The lowest BCUT2D eigenvalue weighted by atomic mass is 9.83. The summed E-state index contributed by atoms with van der Waals surface area (Å²) in [6, 6.07) is 1.31. The van der Waals surface area contributed by atoms with Crippen molar-refractivity contribution in [2.24, 2.45) is 11.3 Å². The molecule has 3 unspecified atom stereocenters. The van der Waals surface area contributed by atoms with Gasteiger partial charge in [-0.1, -0.05) is 40.5 Å². The average molecular weight is 236 g/mol. The van der Waals surface area contributed by atoms with E-state index in [1.807, 2.05) is 0 Å². The van der Waals surface area contributed by atoms with Crippen LogP contribution < -0.4 is 5.32 Å². The fraction of sp³-hybridized carbons (Fsp3) is 0.867. The number of nitrogens with zero attached hydrogens (tertiary/aromatic N) is 1. The van der Waals surface area contributed by atoms with Gasteiger partial charge >= 0.3 is 0 Å². The van der Waals surface area contributed by atoms with Crippen molar-refractivity contribution in [3.63, 3.8) is 0 Å². The highest BCUT2D eigenvalue weighted by Crippen LogP contribution is 2.26. The van der Waals surface area contributed by atoms with E-state index in [-0.39, 0.29) is 11.5 Å². The normalized spacial score (nSPS) is 29.1. The molecule has 0 aromatic rings. The van der Waals surface area contributed by atoms with Crippen LogP contribution in [0.2, 0.25) is 0 Å². The largest absolute Gasteiger partial charge is 0.311 e. The van der Waals surface area contributed by atoms with Crippen LogP contribution in [0.1, 0.15) is 41.5 Å². The Hall–Kier alpha value is -0.520. The third-order valence-electron chi connectivity index (χ3n) is 3.95. The Kier molecular flexibility index (Phi) is 4.63. The molecule has 0 aromatic heterocycles. The van der Waals surface area contributed by atoms with Crippen LogP contribution in [-0.4, -0.2) is 36.1 Å². The second kappa shape index (κ2) is 5.42. The van der Waals surface area contributed by atoms with Crippen molar-refractivity contribution in [2.75, 3.05) is 13.1 Å². The molecule has 0 amide bonds. The van der Waals surface area contributed by atoms with Crippen LogP contribution in [0.15, 0.2) is 0 Å². The molecule has 1 saturated heterocycles. The minimum atomic E-state index is 0.231. The molecular weight excluding hydrogens is 208 g/mol. The maximum Gasteiger partial charge on any atom is 0.0686 e. The molecule has 1 fully saturated rings. The van der Waals surface area contributed by atoms with Crippen LogP contribution in [0.5, 0.6) is 0 Å². The van der Waals surface area contributed by atoms with E-state index in [4.69, 9.17) is 6.42 Å². The van der Waals surface area contributed by atoms with E-state index in [1.54, 1.807) is 0 Å². The van der Waals surface area contributed by atoms with E-state index in [2.05, 4.69) is 57.7 Å². The van der Waals surface area contributed by atoms with E-state index in [1.165, 1.54) is 0 Å². The quantitative estimate of drug-likeness (QED) is 0.740. The molecule has 0 bridgehead atoms. The van der Waals surface area contributed by atoms with Gasteiger partial charge in [-0.3, -0.25) is 4.90 Å². The minimum Gasteiger partial charge on any atom is -0.311 e. The highest BCUT2D eigenvalue weighted by molar-refractivity contribution is 5.03. The van der Waals surface area contributed by atoms with Crippen molar-refractivity contribution in [2.45, 2.75) is 59.7 Å². The van der Waals surface area contributed by atoms with Gasteiger partial charge in [-0.25, -0.2) is 0 Å². The van der Waals surface area contributed by atoms with Crippen molar-refractivity contribution in [1.29, 1.82) is 0 Å². The van der Waals surface area contributed by atoms with Gasteiger partial charge < -0.3 is 5.32 Å². The minimum absolute atomic E-state index is 0.231. The molecule has 1 rings (SSSR count).